The minimum Gasteiger partial charge on any atom is -0.489 e. The lowest BCUT2D eigenvalue weighted by Crippen LogP contribution is -2.25. The summed E-state index contributed by atoms with van der Waals surface area (Å²) >= 11 is 0. The van der Waals surface area contributed by atoms with Crippen LogP contribution in [0.15, 0.2) is 82.7 Å². The quantitative estimate of drug-likeness (QED) is 0.327. The Bertz CT molecular complexity index is 1370. The summed E-state index contributed by atoms with van der Waals surface area (Å²) in [5.41, 5.74) is 3.90. The predicted octanol–water partition coefficient (Wildman–Crippen LogP) is 6.21. The highest BCUT2D eigenvalue weighted by Crippen LogP contribution is 2.31. The van der Waals surface area contributed by atoms with Gasteiger partial charge in [0, 0.05) is 5.92 Å². The van der Waals surface area contributed by atoms with Crippen molar-refractivity contribution in [3.05, 3.63) is 106 Å². The van der Waals surface area contributed by atoms with Crippen molar-refractivity contribution in [1.29, 1.82) is 0 Å². The number of aryl methyl sites for hydroxylation is 1. The fourth-order valence-electron chi connectivity index (χ4n) is 4.62. The smallest absolute Gasteiger partial charge is 0.282 e. The van der Waals surface area contributed by atoms with E-state index in [4.69, 9.17) is 9.72 Å². The van der Waals surface area contributed by atoms with Gasteiger partial charge >= 0.3 is 0 Å². The minimum atomic E-state index is -0.111. The second-order valence-corrected chi connectivity index (χ2v) is 9.03. The summed E-state index contributed by atoms with van der Waals surface area (Å²) < 4.78 is 7.44. The fourth-order valence-corrected chi connectivity index (χ4v) is 4.62. The molecule has 5 heteroatoms. The highest BCUT2D eigenvalue weighted by Gasteiger charge is 2.22. The zero-order chi connectivity index (χ0) is 23.3. The Morgan fingerprint density at radius 2 is 1.79 bits per heavy atom. The van der Waals surface area contributed by atoms with Crippen molar-refractivity contribution in [3.63, 3.8) is 0 Å². The number of hydrogen-bond acceptors (Lipinski definition) is 4. The highest BCUT2D eigenvalue weighted by atomic mass is 16.5. The fraction of sp³-hybridized carbons (Fsp3) is 0.276. The molecule has 0 amide bonds. The molecule has 0 saturated heterocycles. The monoisotopic (exact) mass is 451 g/mol. The van der Waals surface area contributed by atoms with Gasteiger partial charge in [-0.3, -0.25) is 4.79 Å². The molecule has 5 nitrogen and oxygen atoms in total. The molecule has 4 aromatic rings. The molecule has 0 atom stereocenters. The van der Waals surface area contributed by atoms with E-state index < -0.39 is 0 Å². The Labute approximate surface area is 199 Å². The Morgan fingerprint density at radius 3 is 2.59 bits per heavy atom. The van der Waals surface area contributed by atoms with E-state index in [1.807, 2.05) is 54.6 Å². The number of para-hydroxylation sites is 1. The zero-order valence-electron chi connectivity index (χ0n) is 19.5. The largest absolute Gasteiger partial charge is 0.489 e. The van der Waals surface area contributed by atoms with Crippen LogP contribution in [0, 0.1) is 6.92 Å². The number of benzene rings is 3. The molecule has 3 aromatic carbocycles. The molecule has 0 unspecified atom stereocenters. The third-order valence-corrected chi connectivity index (χ3v) is 6.44. The van der Waals surface area contributed by atoms with Gasteiger partial charge in [-0.1, -0.05) is 61.2 Å². The van der Waals surface area contributed by atoms with Crippen molar-refractivity contribution < 1.29 is 4.74 Å². The SMILES string of the molecule is Cc1cccc(COc2ccc(C=Nn3c(C4CCCCC4)nc4ccccc4c3=O)cc2)c1. The van der Waals surface area contributed by atoms with Gasteiger partial charge in [-0.15, -0.1) is 0 Å². The molecule has 5 rings (SSSR count). The maximum Gasteiger partial charge on any atom is 0.282 e. The zero-order valence-corrected chi connectivity index (χ0v) is 19.5. The first-order valence-electron chi connectivity index (χ1n) is 12.0. The third-order valence-electron chi connectivity index (χ3n) is 6.44. The van der Waals surface area contributed by atoms with E-state index in [2.05, 4.69) is 30.2 Å². The summed E-state index contributed by atoms with van der Waals surface area (Å²) in [6.45, 7) is 2.60. The molecule has 1 aromatic heterocycles. The Hall–Kier alpha value is -3.73. The molecule has 1 fully saturated rings. The van der Waals surface area contributed by atoms with Gasteiger partial charge in [0.2, 0.25) is 0 Å². The lowest BCUT2D eigenvalue weighted by Gasteiger charge is -2.22. The Balaban J connectivity index is 1.38. The molecule has 0 spiro atoms. The molecular formula is C29H29N3O2. The van der Waals surface area contributed by atoms with Crippen LogP contribution in [-0.4, -0.2) is 15.9 Å². The Kier molecular flexibility index (Phi) is 6.52. The maximum absolute atomic E-state index is 13.3. The van der Waals surface area contributed by atoms with Crippen LogP contribution in [0.25, 0.3) is 10.9 Å². The molecule has 1 aliphatic rings. The normalized spacial score (nSPS) is 14.6. The van der Waals surface area contributed by atoms with Crippen LogP contribution in [-0.2, 0) is 6.61 Å². The topological polar surface area (TPSA) is 56.5 Å². The molecule has 1 saturated carbocycles. The van der Waals surface area contributed by atoms with Crippen molar-refractivity contribution in [2.24, 2.45) is 5.10 Å². The maximum atomic E-state index is 13.3. The van der Waals surface area contributed by atoms with Crippen molar-refractivity contribution >= 4 is 17.1 Å². The molecule has 172 valence electrons. The van der Waals surface area contributed by atoms with E-state index in [0.29, 0.717) is 12.0 Å². The van der Waals surface area contributed by atoms with Gasteiger partial charge in [-0.2, -0.15) is 9.78 Å². The number of aromatic nitrogens is 2. The molecule has 0 N–H and O–H groups in total. The van der Waals surface area contributed by atoms with E-state index in [0.717, 1.165) is 41.1 Å². The number of rotatable bonds is 6. The molecule has 0 radical (unpaired) electrons. The standard InChI is InChI=1S/C29H29N3O2/c1-21-8-7-9-23(18-21)20-34-25-16-14-22(15-17-25)19-30-32-28(24-10-3-2-4-11-24)31-27-13-6-5-12-26(27)29(32)33/h5-9,12-19,24H,2-4,10-11,20H2,1H3. The molecule has 0 bridgehead atoms. The van der Waals surface area contributed by atoms with Gasteiger partial charge in [0.05, 0.1) is 17.1 Å². The van der Waals surface area contributed by atoms with E-state index in [9.17, 15) is 4.79 Å². The number of ether oxygens (including phenoxy) is 1. The van der Waals surface area contributed by atoms with Crippen molar-refractivity contribution in [2.75, 3.05) is 0 Å². The van der Waals surface area contributed by atoms with Gasteiger partial charge in [0.1, 0.15) is 18.2 Å². The van der Waals surface area contributed by atoms with E-state index in [1.54, 1.807) is 6.21 Å². The summed E-state index contributed by atoms with van der Waals surface area (Å²) in [4.78, 5) is 18.2. The summed E-state index contributed by atoms with van der Waals surface area (Å²) in [6.07, 6.45) is 7.41. The van der Waals surface area contributed by atoms with E-state index in [-0.39, 0.29) is 11.5 Å². The lowest BCUT2D eigenvalue weighted by molar-refractivity contribution is 0.306. The third kappa shape index (κ3) is 4.93. The minimum absolute atomic E-state index is 0.111. The van der Waals surface area contributed by atoms with E-state index >= 15 is 0 Å². The van der Waals surface area contributed by atoms with E-state index in [1.165, 1.54) is 29.5 Å². The van der Waals surface area contributed by atoms with Gasteiger partial charge in [0.15, 0.2) is 0 Å². The van der Waals surface area contributed by atoms with Crippen molar-refractivity contribution in [1.82, 2.24) is 9.66 Å². The molecule has 1 heterocycles. The lowest BCUT2D eigenvalue weighted by atomic mass is 9.88. The first-order chi connectivity index (χ1) is 16.7. The van der Waals surface area contributed by atoms with Crippen molar-refractivity contribution in [3.8, 4) is 5.75 Å². The highest BCUT2D eigenvalue weighted by molar-refractivity contribution is 5.80. The van der Waals surface area contributed by atoms with Crippen LogP contribution in [0.2, 0.25) is 0 Å². The first kappa shape index (κ1) is 22.1. The van der Waals surface area contributed by atoms with Crippen LogP contribution in [0.3, 0.4) is 0 Å². The van der Waals surface area contributed by atoms with Crippen LogP contribution in [0.4, 0.5) is 0 Å². The van der Waals surface area contributed by atoms with Crippen LogP contribution < -0.4 is 10.3 Å². The average molecular weight is 452 g/mol. The summed E-state index contributed by atoms with van der Waals surface area (Å²) in [5, 5.41) is 5.21. The van der Waals surface area contributed by atoms with Gasteiger partial charge in [0.25, 0.3) is 5.56 Å². The number of hydrogen-bond donors (Lipinski definition) is 0. The van der Waals surface area contributed by atoms with Gasteiger partial charge < -0.3 is 4.74 Å². The van der Waals surface area contributed by atoms with Crippen molar-refractivity contribution in [2.45, 2.75) is 51.6 Å². The van der Waals surface area contributed by atoms with Gasteiger partial charge in [-0.05, 0) is 67.3 Å². The molecular weight excluding hydrogens is 422 g/mol. The van der Waals surface area contributed by atoms with Gasteiger partial charge in [-0.25, -0.2) is 4.98 Å². The average Bonchev–Trinajstić information content (AvgIpc) is 2.88. The molecule has 34 heavy (non-hydrogen) atoms. The Morgan fingerprint density at radius 1 is 1.00 bits per heavy atom. The predicted molar refractivity (Wildman–Crippen MR) is 137 cm³/mol. The summed E-state index contributed by atoms with van der Waals surface area (Å²) in [7, 11) is 0. The van der Waals surface area contributed by atoms with Crippen LogP contribution in [0.5, 0.6) is 5.75 Å². The summed E-state index contributed by atoms with van der Waals surface area (Å²) in [5.74, 6) is 1.84. The second-order valence-electron chi connectivity index (χ2n) is 9.03. The molecule has 0 aliphatic heterocycles. The summed E-state index contributed by atoms with van der Waals surface area (Å²) in [6, 6.07) is 23.6. The number of fused-ring (bicyclic) bond motifs is 1. The molecule has 1 aliphatic carbocycles. The number of nitrogens with zero attached hydrogens (tertiary/aromatic N) is 3. The van der Waals surface area contributed by atoms with Crippen LogP contribution in [0.1, 0.15) is 60.5 Å². The second kappa shape index (κ2) is 10.0. The van der Waals surface area contributed by atoms with Crippen LogP contribution >= 0.6 is 0 Å². The first-order valence-corrected chi connectivity index (χ1v) is 12.0.